The molecule has 1 saturated heterocycles. The van der Waals surface area contributed by atoms with Crippen molar-refractivity contribution in [3.63, 3.8) is 0 Å². The summed E-state index contributed by atoms with van der Waals surface area (Å²) in [5.74, 6) is 0.0144. The van der Waals surface area contributed by atoms with Crippen LogP contribution in [0, 0.1) is 11.8 Å². The van der Waals surface area contributed by atoms with Crippen LogP contribution in [0.3, 0.4) is 0 Å². The molecule has 1 aromatic carbocycles. The zero-order valence-electron chi connectivity index (χ0n) is 14.7. The summed E-state index contributed by atoms with van der Waals surface area (Å²) >= 11 is 6.22. The maximum absolute atomic E-state index is 12.4. The maximum atomic E-state index is 12.4. The highest BCUT2D eigenvalue weighted by atomic mass is 35.5. The van der Waals surface area contributed by atoms with Gasteiger partial charge in [-0.15, -0.1) is 0 Å². The van der Waals surface area contributed by atoms with E-state index >= 15 is 0 Å². The number of benzene rings is 1. The Morgan fingerprint density at radius 1 is 1.31 bits per heavy atom. The minimum absolute atomic E-state index is 0.173. The predicted octanol–water partition coefficient (Wildman–Crippen LogP) is 2.41. The number of piperidine rings is 1. The van der Waals surface area contributed by atoms with E-state index in [-0.39, 0.29) is 18.5 Å². The van der Waals surface area contributed by atoms with Crippen molar-refractivity contribution in [3.8, 4) is 11.5 Å². The third-order valence-electron chi connectivity index (χ3n) is 4.64. The van der Waals surface area contributed by atoms with Gasteiger partial charge in [0.05, 0.1) is 10.9 Å². The number of ether oxygens (including phenoxy) is 2. The van der Waals surface area contributed by atoms with Gasteiger partial charge < -0.3 is 24.8 Å². The number of likely N-dealkylation sites (tertiary alicyclic amines) is 1. The summed E-state index contributed by atoms with van der Waals surface area (Å²) in [6.45, 7) is 4.19. The first kappa shape index (κ1) is 18.6. The van der Waals surface area contributed by atoms with Crippen molar-refractivity contribution >= 4 is 23.6 Å². The summed E-state index contributed by atoms with van der Waals surface area (Å²) in [4.78, 5) is 25.2. The minimum Gasteiger partial charge on any atom is -0.486 e. The molecule has 2 unspecified atom stereocenters. The first-order chi connectivity index (χ1) is 12.4. The van der Waals surface area contributed by atoms with E-state index in [1.54, 1.807) is 4.90 Å². The fourth-order valence-electron chi connectivity index (χ4n) is 3.43. The number of halogens is 1. The fraction of sp³-hybridized carbons (Fsp3) is 0.556. The SMILES string of the molecule is CC1CC(C(=O)O)CN(C(=O)NCCc2cc(Cl)c3c(c2)OCCO3)C1. The van der Waals surface area contributed by atoms with Gasteiger partial charge in [-0.1, -0.05) is 18.5 Å². The van der Waals surface area contributed by atoms with E-state index in [0.29, 0.717) is 55.7 Å². The Hall–Kier alpha value is -2.15. The smallest absolute Gasteiger partial charge is 0.317 e. The van der Waals surface area contributed by atoms with Gasteiger partial charge in [-0.2, -0.15) is 0 Å². The maximum Gasteiger partial charge on any atom is 0.317 e. The number of fused-ring (bicyclic) bond motifs is 1. The van der Waals surface area contributed by atoms with Crippen molar-refractivity contribution in [2.45, 2.75) is 19.8 Å². The zero-order valence-corrected chi connectivity index (χ0v) is 15.4. The molecule has 2 aliphatic heterocycles. The average Bonchev–Trinajstić information content (AvgIpc) is 2.61. The van der Waals surface area contributed by atoms with Gasteiger partial charge in [-0.05, 0) is 36.5 Å². The van der Waals surface area contributed by atoms with Gasteiger partial charge in [-0.3, -0.25) is 4.79 Å². The highest BCUT2D eigenvalue weighted by molar-refractivity contribution is 6.32. The number of rotatable bonds is 4. The van der Waals surface area contributed by atoms with Gasteiger partial charge in [0.2, 0.25) is 0 Å². The number of amides is 2. The van der Waals surface area contributed by atoms with Crippen LogP contribution in [0.25, 0.3) is 0 Å². The zero-order chi connectivity index (χ0) is 18.7. The van der Waals surface area contributed by atoms with Gasteiger partial charge in [-0.25, -0.2) is 4.79 Å². The van der Waals surface area contributed by atoms with Gasteiger partial charge in [0, 0.05) is 19.6 Å². The lowest BCUT2D eigenvalue weighted by atomic mass is 9.91. The van der Waals surface area contributed by atoms with Gasteiger partial charge in [0.15, 0.2) is 11.5 Å². The predicted molar refractivity (Wildman–Crippen MR) is 96.0 cm³/mol. The second-order valence-electron chi connectivity index (χ2n) is 6.86. The van der Waals surface area contributed by atoms with Gasteiger partial charge in [0.1, 0.15) is 13.2 Å². The molecular weight excluding hydrogens is 360 g/mol. The van der Waals surface area contributed by atoms with Crippen molar-refractivity contribution in [1.29, 1.82) is 0 Å². The number of aliphatic carboxylic acids is 1. The number of hydrogen-bond acceptors (Lipinski definition) is 4. The summed E-state index contributed by atoms with van der Waals surface area (Å²) in [6.07, 6.45) is 1.20. The molecule has 2 N–H and O–H groups in total. The molecule has 8 heteroatoms. The number of hydrogen-bond donors (Lipinski definition) is 2. The molecule has 0 spiro atoms. The van der Waals surface area contributed by atoms with Crippen molar-refractivity contribution in [3.05, 3.63) is 22.7 Å². The normalized spacial score (nSPS) is 22.0. The molecule has 26 heavy (non-hydrogen) atoms. The fourth-order valence-corrected chi connectivity index (χ4v) is 3.72. The number of carboxylic acids is 1. The number of nitrogens with zero attached hydrogens (tertiary/aromatic N) is 1. The third kappa shape index (κ3) is 4.33. The van der Waals surface area contributed by atoms with Crippen LogP contribution in [-0.4, -0.2) is 54.9 Å². The number of carbonyl (C=O) groups excluding carboxylic acids is 1. The molecule has 0 radical (unpaired) electrons. The highest BCUT2D eigenvalue weighted by Crippen LogP contribution is 2.38. The molecule has 2 aliphatic rings. The Bertz CT molecular complexity index is 696. The Balaban J connectivity index is 1.54. The molecular formula is C18H23ClN2O5. The molecule has 7 nitrogen and oxygen atoms in total. The molecule has 1 aromatic rings. The summed E-state index contributed by atoms with van der Waals surface area (Å²) in [7, 11) is 0. The molecule has 0 aliphatic carbocycles. The molecule has 0 saturated carbocycles. The van der Waals surface area contributed by atoms with Crippen LogP contribution in [-0.2, 0) is 11.2 Å². The Morgan fingerprint density at radius 3 is 2.85 bits per heavy atom. The van der Waals surface area contributed by atoms with Crippen molar-refractivity contribution in [2.24, 2.45) is 11.8 Å². The molecule has 2 heterocycles. The van der Waals surface area contributed by atoms with Crippen molar-refractivity contribution in [1.82, 2.24) is 10.2 Å². The molecule has 2 atom stereocenters. The topological polar surface area (TPSA) is 88.1 Å². The van der Waals surface area contributed by atoms with Gasteiger partial charge >= 0.3 is 12.0 Å². The lowest BCUT2D eigenvalue weighted by Gasteiger charge is -2.34. The molecule has 142 valence electrons. The largest absolute Gasteiger partial charge is 0.486 e. The molecule has 1 fully saturated rings. The van der Waals surface area contributed by atoms with E-state index in [1.165, 1.54) is 0 Å². The first-order valence-corrected chi connectivity index (χ1v) is 9.15. The monoisotopic (exact) mass is 382 g/mol. The van der Waals surface area contributed by atoms with E-state index in [2.05, 4.69) is 5.32 Å². The third-order valence-corrected chi connectivity index (χ3v) is 4.92. The van der Waals surface area contributed by atoms with Crippen LogP contribution in [0.2, 0.25) is 5.02 Å². The lowest BCUT2D eigenvalue weighted by molar-refractivity contribution is -0.143. The number of carbonyl (C=O) groups is 2. The second kappa shape index (κ2) is 8.03. The van der Waals surface area contributed by atoms with Gasteiger partial charge in [0.25, 0.3) is 0 Å². The van der Waals surface area contributed by atoms with E-state index < -0.39 is 11.9 Å². The van der Waals surface area contributed by atoms with Crippen LogP contribution in [0.1, 0.15) is 18.9 Å². The van der Waals surface area contributed by atoms with Crippen LogP contribution < -0.4 is 14.8 Å². The van der Waals surface area contributed by atoms with Crippen molar-refractivity contribution < 1.29 is 24.2 Å². The molecule has 3 rings (SSSR count). The van der Waals surface area contributed by atoms with E-state index in [1.807, 2.05) is 19.1 Å². The van der Waals surface area contributed by atoms with E-state index in [9.17, 15) is 14.7 Å². The summed E-state index contributed by atoms with van der Waals surface area (Å²) in [6, 6.07) is 3.45. The Morgan fingerprint density at radius 2 is 2.08 bits per heavy atom. The first-order valence-electron chi connectivity index (χ1n) is 8.77. The number of nitrogens with one attached hydrogen (secondary N) is 1. The lowest BCUT2D eigenvalue weighted by Crippen LogP contribution is -2.49. The summed E-state index contributed by atoms with van der Waals surface area (Å²) in [5.41, 5.74) is 0.940. The number of urea groups is 1. The quantitative estimate of drug-likeness (QED) is 0.834. The Labute approximate surface area is 157 Å². The number of carboxylic acid groups (broad SMARTS) is 1. The summed E-state index contributed by atoms with van der Waals surface area (Å²) in [5, 5.41) is 12.6. The van der Waals surface area contributed by atoms with Crippen molar-refractivity contribution in [2.75, 3.05) is 32.8 Å². The van der Waals surface area contributed by atoms with Crippen LogP contribution in [0.15, 0.2) is 12.1 Å². The van der Waals surface area contributed by atoms with E-state index in [0.717, 1.165) is 5.56 Å². The Kier molecular flexibility index (Phi) is 5.76. The molecule has 2 amide bonds. The standard InChI is InChI=1S/C18H23ClN2O5/c1-11-6-13(17(22)23)10-21(9-11)18(24)20-3-2-12-7-14(19)16-15(8-12)25-4-5-26-16/h7-8,11,13H,2-6,9-10H2,1H3,(H,20,24)(H,22,23). The van der Waals surface area contributed by atoms with E-state index in [4.69, 9.17) is 21.1 Å². The summed E-state index contributed by atoms with van der Waals surface area (Å²) < 4.78 is 11.0. The highest BCUT2D eigenvalue weighted by Gasteiger charge is 2.31. The minimum atomic E-state index is -0.847. The molecule has 0 aromatic heterocycles. The van der Waals surface area contributed by atoms with Crippen LogP contribution >= 0.6 is 11.6 Å². The average molecular weight is 383 g/mol. The van der Waals surface area contributed by atoms with Crippen LogP contribution in [0.4, 0.5) is 4.79 Å². The molecule has 0 bridgehead atoms. The van der Waals surface area contributed by atoms with Crippen LogP contribution in [0.5, 0.6) is 11.5 Å². The second-order valence-corrected chi connectivity index (χ2v) is 7.27.